The highest BCUT2D eigenvalue weighted by Crippen LogP contribution is 2.22. The molecule has 0 aliphatic heterocycles. The number of hydrogen-bond acceptors (Lipinski definition) is 5. The second-order valence-electron chi connectivity index (χ2n) is 5.07. The van der Waals surface area contributed by atoms with Crippen LogP contribution < -0.4 is 4.74 Å². The lowest BCUT2D eigenvalue weighted by atomic mass is 10.2. The molecule has 1 aromatic heterocycles. The molecule has 0 fully saturated rings. The Bertz CT molecular complexity index is 669. The first-order valence-electron chi connectivity index (χ1n) is 7.59. The fourth-order valence-corrected chi connectivity index (χ4v) is 2.06. The Balaban J connectivity index is 2.05. The molecule has 1 aromatic carbocycles. The number of rotatable bonds is 7. The first-order chi connectivity index (χ1) is 11.1. The number of aromatic nitrogens is 1. The lowest BCUT2D eigenvalue weighted by Gasteiger charge is -2.10. The van der Waals surface area contributed by atoms with E-state index in [1.54, 1.807) is 18.2 Å². The topological polar surface area (TPSA) is 61.6 Å². The van der Waals surface area contributed by atoms with Gasteiger partial charge in [0.2, 0.25) is 0 Å². The van der Waals surface area contributed by atoms with Crippen LogP contribution >= 0.6 is 0 Å². The Morgan fingerprint density at radius 2 is 2.04 bits per heavy atom. The second-order valence-corrected chi connectivity index (χ2v) is 5.07. The molecule has 0 radical (unpaired) electrons. The molecule has 0 saturated carbocycles. The van der Waals surface area contributed by atoms with E-state index in [4.69, 9.17) is 14.0 Å². The molecular weight excluding hydrogens is 294 g/mol. The molecule has 5 nitrogen and oxygen atoms in total. The molecule has 23 heavy (non-hydrogen) atoms. The molecule has 1 heterocycles. The first-order valence-corrected chi connectivity index (χ1v) is 7.59. The van der Waals surface area contributed by atoms with Gasteiger partial charge in [0.1, 0.15) is 30.3 Å². The summed E-state index contributed by atoms with van der Waals surface area (Å²) < 4.78 is 16.1. The number of aryl methyl sites for hydroxylation is 2. The minimum atomic E-state index is -0.403. The average molecular weight is 315 g/mol. The van der Waals surface area contributed by atoms with Crippen molar-refractivity contribution in [3.8, 4) is 5.75 Å². The minimum Gasteiger partial charge on any atom is -0.488 e. The number of esters is 1. The summed E-state index contributed by atoms with van der Waals surface area (Å²) in [5, 5.41) is 3.89. The maximum absolute atomic E-state index is 12.2. The molecular formula is C18H21NO4. The summed E-state index contributed by atoms with van der Waals surface area (Å²) in [4.78, 5) is 12.2. The van der Waals surface area contributed by atoms with Gasteiger partial charge in [0.15, 0.2) is 0 Å². The van der Waals surface area contributed by atoms with Crippen LogP contribution in [0.1, 0.15) is 40.7 Å². The highest BCUT2D eigenvalue weighted by Gasteiger charge is 2.15. The summed E-state index contributed by atoms with van der Waals surface area (Å²) in [7, 11) is 0. The van der Waals surface area contributed by atoms with Crippen molar-refractivity contribution in [3.05, 3.63) is 59.0 Å². The van der Waals surface area contributed by atoms with E-state index in [9.17, 15) is 4.79 Å². The molecule has 0 aliphatic carbocycles. The lowest BCUT2D eigenvalue weighted by molar-refractivity contribution is 0.0544. The monoisotopic (exact) mass is 315 g/mol. The average Bonchev–Trinajstić information content (AvgIpc) is 2.88. The number of hydrogen-bond donors (Lipinski definition) is 0. The van der Waals surface area contributed by atoms with E-state index in [-0.39, 0.29) is 6.61 Å². The normalized spacial score (nSPS) is 10.9. The van der Waals surface area contributed by atoms with Crippen molar-refractivity contribution in [1.82, 2.24) is 5.16 Å². The molecule has 0 unspecified atom stereocenters. The molecule has 0 saturated heterocycles. The van der Waals surface area contributed by atoms with Crippen LogP contribution in [0.4, 0.5) is 0 Å². The highest BCUT2D eigenvalue weighted by atomic mass is 16.5. The third-order valence-corrected chi connectivity index (χ3v) is 3.37. The molecule has 0 spiro atoms. The van der Waals surface area contributed by atoms with E-state index in [2.05, 4.69) is 5.16 Å². The number of allylic oxidation sites excluding steroid dienone is 1. The highest BCUT2D eigenvalue weighted by molar-refractivity contribution is 5.92. The molecule has 0 atom stereocenters. The predicted octanol–water partition coefficient (Wildman–Crippen LogP) is 3.99. The number of benzene rings is 1. The zero-order valence-electron chi connectivity index (χ0n) is 13.7. The van der Waals surface area contributed by atoms with E-state index in [1.165, 1.54) is 0 Å². The molecule has 0 bridgehead atoms. The fourth-order valence-electron chi connectivity index (χ4n) is 2.06. The van der Waals surface area contributed by atoms with Gasteiger partial charge in [-0.1, -0.05) is 36.4 Å². The van der Waals surface area contributed by atoms with Crippen LogP contribution in [0.3, 0.4) is 0 Å². The van der Waals surface area contributed by atoms with Gasteiger partial charge in [0.05, 0.1) is 11.3 Å². The van der Waals surface area contributed by atoms with Gasteiger partial charge >= 0.3 is 5.97 Å². The van der Waals surface area contributed by atoms with Crippen LogP contribution in [0.25, 0.3) is 0 Å². The number of carbonyl (C=O) groups excluding carboxylic acids is 1. The Labute approximate surface area is 135 Å². The summed E-state index contributed by atoms with van der Waals surface area (Å²) in [5.74, 6) is 0.796. The standard InChI is InChI=1S/C18H21NO4/c1-4-5-8-11-21-18(20)15-9-6-7-10-17(15)22-12-16-13(2)19-23-14(16)3/h5-10H,4,11-12H2,1-3H3/b8-5+. The number of para-hydroxylation sites is 1. The maximum atomic E-state index is 12.2. The van der Waals surface area contributed by atoms with Gasteiger partial charge in [-0.2, -0.15) is 0 Å². The van der Waals surface area contributed by atoms with Crippen LogP contribution in [0, 0.1) is 13.8 Å². The van der Waals surface area contributed by atoms with E-state index in [0.29, 0.717) is 23.7 Å². The van der Waals surface area contributed by atoms with Crippen molar-refractivity contribution < 1.29 is 18.8 Å². The number of ether oxygens (including phenoxy) is 2. The summed E-state index contributed by atoms with van der Waals surface area (Å²) in [6, 6.07) is 7.03. The van der Waals surface area contributed by atoms with Crippen LogP contribution in [-0.4, -0.2) is 17.7 Å². The van der Waals surface area contributed by atoms with Gasteiger partial charge in [0.25, 0.3) is 0 Å². The van der Waals surface area contributed by atoms with E-state index in [0.717, 1.165) is 17.7 Å². The summed E-state index contributed by atoms with van der Waals surface area (Å²) in [6.07, 6.45) is 4.69. The van der Waals surface area contributed by atoms with E-state index in [1.807, 2.05) is 39.0 Å². The van der Waals surface area contributed by atoms with Gasteiger partial charge in [0, 0.05) is 0 Å². The zero-order valence-corrected chi connectivity index (χ0v) is 13.7. The van der Waals surface area contributed by atoms with Gasteiger partial charge in [-0.3, -0.25) is 0 Å². The summed E-state index contributed by atoms with van der Waals surface area (Å²) >= 11 is 0. The molecule has 0 amide bonds. The minimum absolute atomic E-state index is 0.255. The van der Waals surface area contributed by atoms with Crippen molar-refractivity contribution >= 4 is 5.97 Å². The number of nitrogens with zero attached hydrogens (tertiary/aromatic N) is 1. The molecule has 0 N–H and O–H groups in total. The molecule has 122 valence electrons. The largest absolute Gasteiger partial charge is 0.488 e. The van der Waals surface area contributed by atoms with E-state index < -0.39 is 5.97 Å². The van der Waals surface area contributed by atoms with Gasteiger partial charge < -0.3 is 14.0 Å². The van der Waals surface area contributed by atoms with Crippen molar-refractivity contribution in [1.29, 1.82) is 0 Å². The quantitative estimate of drug-likeness (QED) is 0.571. The van der Waals surface area contributed by atoms with Crippen LogP contribution in [0.15, 0.2) is 40.9 Å². The molecule has 0 aliphatic rings. The molecule has 2 rings (SSSR count). The van der Waals surface area contributed by atoms with Gasteiger partial charge in [-0.15, -0.1) is 0 Å². The van der Waals surface area contributed by atoms with Crippen molar-refractivity contribution in [2.75, 3.05) is 6.61 Å². The number of carbonyl (C=O) groups is 1. The summed E-state index contributed by atoms with van der Waals surface area (Å²) in [6.45, 7) is 6.26. The van der Waals surface area contributed by atoms with E-state index >= 15 is 0 Å². The van der Waals surface area contributed by atoms with Gasteiger partial charge in [-0.05, 0) is 32.4 Å². The Kier molecular flexibility index (Phi) is 5.97. The third-order valence-electron chi connectivity index (χ3n) is 3.37. The Morgan fingerprint density at radius 1 is 1.26 bits per heavy atom. The fraction of sp³-hybridized carbons (Fsp3) is 0.333. The second kappa shape index (κ2) is 8.17. The van der Waals surface area contributed by atoms with Crippen molar-refractivity contribution in [3.63, 3.8) is 0 Å². The van der Waals surface area contributed by atoms with Crippen molar-refractivity contribution in [2.24, 2.45) is 0 Å². The zero-order chi connectivity index (χ0) is 16.7. The van der Waals surface area contributed by atoms with Crippen molar-refractivity contribution in [2.45, 2.75) is 33.8 Å². The first kappa shape index (κ1) is 16.8. The van der Waals surface area contributed by atoms with Crippen LogP contribution in [0.5, 0.6) is 5.75 Å². The SMILES string of the molecule is CC/C=C/COC(=O)c1ccccc1OCc1c(C)noc1C. The lowest BCUT2D eigenvalue weighted by Crippen LogP contribution is -2.08. The molecule has 5 heteroatoms. The maximum Gasteiger partial charge on any atom is 0.342 e. The Morgan fingerprint density at radius 3 is 2.74 bits per heavy atom. The summed E-state index contributed by atoms with van der Waals surface area (Å²) in [5.41, 5.74) is 2.08. The predicted molar refractivity (Wildman–Crippen MR) is 86.5 cm³/mol. The third kappa shape index (κ3) is 4.45. The van der Waals surface area contributed by atoms with Crippen LogP contribution in [-0.2, 0) is 11.3 Å². The van der Waals surface area contributed by atoms with Gasteiger partial charge in [-0.25, -0.2) is 4.79 Å². The smallest absolute Gasteiger partial charge is 0.342 e. The Hall–Kier alpha value is -2.56. The molecule has 2 aromatic rings. The van der Waals surface area contributed by atoms with Crippen LogP contribution in [0.2, 0.25) is 0 Å².